The third-order valence-electron chi connectivity index (χ3n) is 4.86. The summed E-state index contributed by atoms with van der Waals surface area (Å²) in [7, 11) is 0. The summed E-state index contributed by atoms with van der Waals surface area (Å²) in [6.45, 7) is 6.66. The van der Waals surface area contributed by atoms with Crippen LogP contribution in [0.2, 0.25) is 5.02 Å². The second kappa shape index (κ2) is 8.30. The lowest BCUT2D eigenvalue weighted by Crippen LogP contribution is -2.47. The molecule has 1 saturated heterocycles. The number of nitrogens with zero attached hydrogens (tertiary/aromatic N) is 5. The van der Waals surface area contributed by atoms with E-state index in [1.165, 1.54) is 18.5 Å². The summed E-state index contributed by atoms with van der Waals surface area (Å²) in [4.78, 5) is 27.2. The first-order valence-electron chi connectivity index (χ1n) is 10.1. The highest BCUT2D eigenvalue weighted by molar-refractivity contribution is 6.32. The van der Waals surface area contributed by atoms with Crippen molar-refractivity contribution in [2.45, 2.75) is 45.3 Å². The van der Waals surface area contributed by atoms with Gasteiger partial charge in [0.05, 0.1) is 12.4 Å². The molecule has 0 aromatic carbocycles. The van der Waals surface area contributed by atoms with Crippen LogP contribution in [0.15, 0.2) is 30.7 Å². The van der Waals surface area contributed by atoms with E-state index in [-0.39, 0.29) is 18.0 Å². The Morgan fingerprint density at radius 1 is 1.29 bits per heavy atom. The number of aromatic nitrogens is 4. The molecule has 3 aromatic rings. The number of carbonyl (C=O) groups is 1. The van der Waals surface area contributed by atoms with Gasteiger partial charge in [-0.05, 0) is 45.7 Å². The molecular weight excluding hydrogens is 423 g/mol. The largest absolute Gasteiger partial charge is 0.444 e. The van der Waals surface area contributed by atoms with Gasteiger partial charge in [0.2, 0.25) is 0 Å². The van der Waals surface area contributed by atoms with Crippen LogP contribution in [0.5, 0.6) is 0 Å². The fraction of sp³-hybridized carbons (Fsp3) is 0.429. The first-order chi connectivity index (χ1) is 14.7. The highest BCUT2D eigenvalue weighted by Gasteiger charge is 2.28. The predicted molar refractivity (Wildman–Crippen MR) is 116 cm³/mol. The summed E-state index contributed by atoms with van der Waals surface area (Å²) in [6, 6.07) is 2.89. The Bertz CT molecular complexity index is 1110. The Kier molecular flexibility index (Phi) is 5.70. The van der Waals surface area contributed by atoms with Crippen molar-refractivity contribution in [3.8, 4) is 11.5 Å². The molecule has 1 unspecified atom stereocenters. The molecule has 4 rings (SSSR count). The monoisotopic (exact) mass is 446 g/mol. The van der Waals surface area contributed by atoms with Gasteiger partial charge in [0.25, 0.3) is 0 Å². The van der Waals surface area contributed by atoms with Crippen molar-refractivity contribution >= 4 is 29.2 Å². The van der Waals surface area contributed by atoms with Gasteiger partial charge in [-0.15, -0.1) is 0 Å². The number of hydrogen-bond donors (Lipinski definition) is 1. The minimum absolute atomic E-state index is 0.0406. The van der Waals surface area contributed by atoms with E-state index in [1.807, 2.05) is 20.8 Å². The quantitative estimate of drug-likeness (QED) is 0.642. The molecule has 164 valence electrons. The summed E-state index contributed by atoms with van der Waals surface area (Å²) in [5.74, 6) is 0.433. The van der Waals surface area contributed by atoms with Crippen molar-refractivity contribution in [1.82, 2.24) is 24.3 Å². The maximum absolute atomic E-state index is 13.7. The minimum atomic E-state index is -0.546. The number of pyridine rings is 1. The Balaban J connectivity index is 1.54. The van der Waals surface area contributed by atoms with Crippen LogP contribution in [-0.2, 0) is 4.74 Å². The molecule has 1 aliphatic heterocycles. The lowest BCUT2D eigenvalue weighted by atomic mass is 10.1. The van der Waals surface area contributed by atoms with Gasteiger partial charge in [0.15, 0.2) is 5.82 Å². The molecule has 8 nitrogen and oxygen atoms in total. The van der Waals surface area contributed by atoms with Crippen LogP contribution < -0.4 is 5.32 Å². The third kappa shape index (κ3) is 4.87. The van der Waals surface area contributed by atoms with Gasteiger partial charge in [-0.2, -0.15) is 0 Å². The molecule has 0 aliphatic carbocycles. The molecule has 3 aromatic heterocycles. The smallest absolute Gasteiger partial charge is 0.410 e. The molecular formula is C21H24ClFN6O2. The Hall–Kier alpha value is -2.94. The average Bonchev–Trinajstić information content (AvgIpc) is 3.11. The summed E-state index contributed by atoms with van der Waals surface area (Å²) in [5, 5.41) is 3.68. The third-order valence-corrected chi connectivity index (χ3v) is 5.13. The van der Waals surface area contributed by atoms with Crippen LogP contribution in [-0.4, -0.2) is 55.1 Å². The number of ether oxygens (including phenoxy) is 1. The van der Waals surface area contributed by atoms with E-state index in [2.05, 4.69) is 20.3 Å². The van der Waals surface area contributed by atoms with Gasteiger partial charge in [-0.3, -0.25) is 4.40 Å². The van der Waals surface area contributed by atoms with Crippen LogP contribution in [0.3, 0.4) is 0 Å². The maximum atomic E-state index is 13.7. The molecule has 0 spiro atoms. The molecule has 1 N–H and O–H groups in total. The molecule has 1 fully saturated rings. The normalized spacial score (nSPS) is 17.1. The Labute approximate surface area is 184 Å². The lowest BCUT2D eigenvalue weighted by molar-refractivity contribution is 0.0206. The number of likely N-dealkylation sites (tertiary alicyclic amines) is 1. The highest BCUT2D eigenvalue weighted by Crippen LogP contribution is 2.26. The zero-order valence-electron chi connectivity index (χ0n) is 17.6. The van der Waals surface area contributed by atoms with E-state index >= 15 is 0 Å². The van der Waals surface area contributed by atoms with Crippen LogP contribution in [0.25, 0.3) is 17.2 Å². The minimum Gasteiger partial charge on any atom is -0.444 e. The van der Waals surface area contributed by atoms with E-state index in [0.29, 0.717) is 41.1 Å². The fourth-order valence-corrected chi connectivity index (χ4v) is 3.64. The van der Waals surface area contributed by atoms with Crippen molar-refractivity contribution < 1.29 is 13.9 Å². The molecule has 1 amide bonds. The number of hydrogen-bond acceptors (Lipinski definition) is 6. The van der Waals surface area contributed by atoms with Gasteiger partial charge in [-0.25, -0.2) is 24.1 Å². The Morgan fingerprint density at radius 2 is 2.10 bits per heavy atom. The molecule has 4 heterocycles. The van der Waals surface area contributed by atoms with Gasteiger partial charge >= 0.3 is 6.09 Å². The van der Waals surface area contributed by atoms with Crippen LogP contribution >= 0.6 is 11.6 Å². The summed E-state index contributed by atoms with van der Waals surface area (Å²) in [5.41, 5.74) is 0.591. The highest BCUT2D eigenvalue weighted by atomic mass is 35.5. The van der Waals surface area contributed by atoms with E-state index in [0.717, 1.165) is 12.8 Å². The van der Waals surface area contributed by atoms with Gasteiger partial charge in [0, 0.05) is 25.3 Å². The molecule has 0 bridgehead atoms. The number of fused-ring (bicyclic) bond motifs is 1. The zero-order chi connectivity index (χ0) is 22.2. The van der Waals surface area contributed by atoms with Crippen molar-refractivity contribution in [1.29, 1.82) is 0 Å². The summed E-state index contributed by atoms with van der Waals surface area (Å²) < 4.78 is 20.8. The summed E-state index contributed by atoms with van der Waals surface area (Å²) >= 11 is 6.33. The van der Waals surface area contributed by atoms with Crippen LogP contribution in [0, 0.1) is 5.82 Å². The Morgan fingerprint density at radius 3 is 2.87 bits per heavy atom. The predicted octanol–water partition coefficient (Wildman–Crippen LogP) is 4.40. The van der Waals surface area contributed by atoms with Crippen LogP contribution in [0.1, 0.15) is 33.6 Å². The number of imidazole rings is 1. The van der Waals surface area contributed by atoms with Crippen molar-refractivity contribution in [2.24, 2.45) is 0 Å². The number of anilines is 1. The first kappa shape index (κ1) is 21.3. The molecule has 0 radical (unpaired) electrons. The molecule has 10 heteroatoms. The SMILES string of the molecule is CC(C)(C)OC(=O)N1CCCC(Nc2nc(-c3cnc4ccc(F)cn34)ncc2Cl)C1. The standard InChI is InChI=1S/C21H24ClFN6O2/c1-21(2,3)31-20(30)28-8-4-5-14(12-28)26-18-15(22)9-25-19(27-18)16-10-24-17-7-6-13(23)11-29(16)17/h6-7,9-11,14H,4-5,8,12H2,1-3H3,(H,25,26,27). The molecule has 31 heavy (non-hydrogen) atoms. The number of rotatable bonds is 3. The zero-order valence-corrected chi connectivity index (χ0v) is 18.4. The van der Waals surface area contributed by atoms with E-state index in [9.17, 15) is 9.18 Å². The number of amides is 1. The molecule has 0 saturated carbocycles. The second-order valence-corrected chi connectivity index (χ2v) is 8.93. The number of carbonyl (C=O) groups excluding carboxylic acids is 1. The average molecular weight is 447 g/mol. The van der Waals surface area contributed by atoms with Gasteiger partial charge in [-0.1, -0.05) is 11.6 Å². The molecule has 1 aliphatic rings. The summed E-state index contributed by atoms with van der Waals surface area (Å²) in [6.07, 6.45) is 5.78. The van der Waals surface area contributed by atoms with E-state index in [4.69, 9.17) is 16.3 Å². The van der Waals surface area contributed by atoms with E-state index in [1.54, 1.807) is 21.6 Å². The number of piperidine rings is 1. The van der Waals surface area contributed by atoms with E-state index < -0.39 is 5.60 Å². The van der Waals surface area contributed by atoms with Gasteiger partial charge < -0.3 is 15.0 Å². The van der Waals surface area contributed by atoms with Crippen molar-refractivity contribution in [3.05, 3.63) is 41.6 Å². The fourth-order valence-electron chi connectivity index (χ4n) is 3.49. The van der Waals surface area contributed by atoms with Crippen LogP contribution in [0.4, 0.5) is 15.0 Å². The van der Waals surface area contributed by atoms with Crippen molar-refractivity contribution in [2.75, 3.05) is 18.4 Å². The number of nitrogens with one attached hydrogen (secondary N) is 1. The first-order valence-corrected chi connectivity index (χ1v) is 10.5. The van der Waals surface area contributed by atoms with Gasteiger partial charge in [0.1, 0.15) is 33.6 Å². The number of halogens is 2. The lowest BCUT2D eigenvalue weighted by Gasteiger charge is -2.34. The second-order valence-electron chi connectivity index (χ2n) is 8.52. The topological polar surface area (TPSA) is 84.6 Å². The maximum Gasteiger partial charge on any atom is 0.410 e. The van der Waals surface area contributed by atoms with Crippen molar-refractivity contribution in [3.63, 3.8) is 0 Å². The molecule has 1 atom stereocenters.